The Morgan fingerprint density at radius 1 is 1.06 bits per heavy atom. The van der Waals surface area contributed by atoms with Crippen LogP contribution in [0.2, 0.25) is 0 Å². The Morgan fingerprint density at radius 2 is 1.71 bits per heavy atom. The molecule has 0 aliphatic carbocycles. The molecule has 0 saturated heterocycles. The van der Waals surface area contributed by atoms with Crippen LogP contribution in [0.1, 0.15) is 59.3 Å². The van der Waals surface area contributed by atoms with Crippen LogP contribution in [0.15, 0.2) is 0 Å². The van der Waals surface area contributed by atoms with E-state index in [4.69, 9.17) is 9.47 Å². The van der Waals surface area contributed by atoms with Crippen molar-refractivity contribution in [2.75, 3.05) is 6.61 Å². The summed E-state index contributed by atoms with van der Waals surface area (Å²) in [5.74, 6) is -0.475. The van der Waals surface area contributed by atoms with E-state index in [2.05, 4.69) is 6.92 Å². The summed E-state index contributed by atoms with van der Waals surface area (Å²) in [4.78, 5) is 22.4. The molecular weight excluding hydrogens is 220 g/mol. The van der Waals surface area contributed by atoms with Crippen molar-refractivity contribution in [3.63, 3.8) is 0 Å². The Kier molecular flexibility index (Phi) is 9.49. The van der Waals surface area contributed by atoms with Gasteiger partial charge < -0.3 is 9.47 Å². The van der Waals surface area contributed by atoms with E-state index in [0.717, 1.165) is 19.3 Å². The number of hydrogen-bond donors (Lipinski definition) is 0. The quantitative estimate of drug-likeness (QED) is 0.585. The highest BCUT2D eigenvalue weighted by atomic mass is 16.5. The van der Waals surface area contributed by atoms with Crippen molar-refractivity contribution < 1.29 is 19.1 Å². The maximum atomic E-state index is 11.4. The van der Waals surface area contributed by atoms with E-state index in [1.807, 2.05) is 6.92 Å². The second kappa shape index (κ2) is 10.1. The van der Waals surface area contributed by atoms with Crippen molar-refractivity contribution in [1.82, 2.24) is 0 Å². The van der Waals surface area contributed by atoms with Gasteiger partial charge in [0.1, 0.15) is 0 Å². The van der Waals surface area contributed by atoms with E-state index in [1.165, 1.54) is 0 Å². The lowest BCUT2D eigenvalue weighted by Gasteiger charge is -2.12. The average Bonchev–Trinajstić information content (AvgIpc) is 2.26. The molecule has 0 N–H and O–H groups in total. The number of esters is 2. The molecule has 0 aromatic carbocycles. The first-order chi connectivity index (χ1) is 8.10. The summed E-state index contributed by atoms with van der Waals surface area (Å²) in [6.45, 7) is 6.16. The number of unbranched alkanes of at least 4 members (excludes halogenated alkanes) is 1. The van der Waals surface area contributed by atoms with Crippen molar-refractivity contribution in [3.8, 4) is 0 Å². The molecule has 4 heteroatoms. The molecule has 0 aliphatic rings. The predicted molar refractivity (Wildman–Crippen MR) is 65.6 cm³/mol. The third kappa shape index (κ3) is 9.85. The van der Waals surface area contributed by atoms with Gasteiger partial charge in [-0.3, -0.25) is 9.59 Å². The Hall–Kier alpha value is -1.06. The summed E-state index contributed by atoms with van der Waals surface area (Å²) in [5.41, 5.74) is 0. The molecule has 0 bridgehead atoms. The normalized spacial score (nSPS) is 11.9. The number of carbonyl (C=O) groups excluding carboxylic acids is 2. The first-order valence-electron chi connectivity index (χ1n) is 6.45. The average molecular weight is 244 g/mol. The zero-order valence-corrected chi connectivity index (χ0v) is 11.2. The molecule has 0 radical (unpaired) electrons. The van der Waals surface area contributed by atoms with Crippen LogP contribution in [0.3, 0.4) is 0 Å². The summed E-state index contributed by atoms with van der Waals surface area (Å²) in [6, 6.07) is 0. The largest absolute Gasteiger partial charge is 0.466 e. The fourth-order valence-electron chi connectivity index (χ4n) is 1.44. The van der Waals surface area contributed by atoms with Crippen LogP contribution in [0.25, 0.3) is 0 Å². The Bertz CT molecular complexity index is 225. The predicted octanol–water partition coefficient (Wildman–Crippen LogP) is 2.84. The minimum Gasteiger partial charge on any atom is -0.466 e. The van der Waals surface area contributed by atoms with Crippen LogP contribution in [-0.2, 0) is 19.1 Å². The molecule has 0 heterocycles. The minimum atomic E-state index is -0.251. The van der Waals surface area contributed by atoms with Crippen molar-refractivity contribution in [2.24, 2.45) is 0 Å². The van der Waals surface area contributed by atoms with Gasteiger partial charge in [0, 0.05) is 12.8 Å². The third-order valence-corrected chi connectivity index (χ3v) is 2.36. The summed E-state index contributed by atoms with van der Waals surface area (Å²) in [6.07, 6.45) is 4.12. The van der Waals surface area contributed by atoms with Gasteiger partial charge in [-0.2, -0.15) is 0 Å². The molecule has 0 spiro atoms. The van der Waals surface area contributed by atoms with Crippen molar-refractivity contribution >= 4 is 11.9 Å². The van der Waals surface area contributed by atoms with Crippen LogP contribution in [0.4, 0.5) is 0 Å². The number of hydrogen-bond acceptors (Lipinski definition) is 4. The molecular formula is C13H24O4. The van der Waals surface area contributed by atoms with Crippen LogP contribution in [-0.4, -0.2) is 24.6 Å². The molecule has 0 aromatic rings. The van der Waals surface area contributed by atoms with Crippen LogP contribution < -0.4 is 0 Å². The van der Waals surface area contributed by atoms with Gasteiger partial charge >= 0.3 is 11.9 Å². The van der Waals surface area contributed by atoms with Gasteiger partial charge in [0.2, 0.25) is 0 Å². The van der Waals surface area contributed by atoms with Crippen molar-refractivity contribution in [3.05, 3.63) is 0 Å². The molecule has 0 aliphatic heterocycles. The lowest BCUT2D eigenvalue weighted by molar-refractivity contribution is -0.149. The summed E-state index contributed by atoms with van der Waals surface area (Å²) >= 11 is 0. The van der Waals surface area contributed by atoms with E-state index >= 15 is 0 Å². The number of rotatable bonds is 9. The van der Waals surface area contributed by atoms with Crippen molar-refractivity contribution in [1.29, 1.82) is 0 Å². The molecule has 0 amide bonds. The zero-order valence-electron chi connectivity index (χ0n) is 11.2. The van der Waals surface area contributed by atoms with E-state index in [9.17, 15) is 9.59 Å². The molecule has 1 atom stereocenters. The van der Waals surface area contributed by atoms with E-state index in [1.54, 1.807) is 6.92 Å². The highest BCUT2D eigenvalue weighted by Crippen LogP contribution is 2.07. The summed E-state index contributed by atoms with van der Waals surface area (Å²) in [7, 11) is 0. The van der Waals surface area contributed by atoms with Gasteiger partial charge in [-0.15, -0.1) is 0 Å². The van der Waals surface area contributed by atoms with Crippen LogP contribution in [0, 0.1) is 0 Å². The van der Waals surface area contributed by atoms with Crippen LogP contribution >= 0.6 is 0 Å². The molecule has 0 fully saturated rings. The Balaban J connectivity index is 3.55. The first kappa shape index (κ1) is 15.9. The van der Waals surface area contributed by atoms with Gasteiger partial charge in [0.25, 0.3) is 0 Å². The third-order valence-electron chi connectivity index (χ3n) is 2.36. The SMILES string of the molecule is CCCCC(C)OC(=O)CCCC(=O)OCC. The highest BCUT2D eigenvalue weighted by Gasteiger charge is 2.10. The topological polar surface area (TPSA) is 52.6 Å². The number of carbonyl (C=O) groups is 2. The lowest BCUT2D eigenvalue weighted by atomic mass is 10.2. The lowest BCUT2D eigenvalue weighted by Crippen LogP contribution is -2.15. The summed E-state index contributed by atoms with van der Waals surface area (Å²) in [5, 5.41) is 0. The second-order valence-corrected chi connectivity index (χ2v) is 4.10. The maximum absolute atomic E-state index is 11.4. The standard InChI is InChI=1S/C13H24O4/c1-4-6-8-11(3)17-13(15)10-7-9-12(14)16-5-2/h11H,4-10H2,1-3H3. The van der Waals surface area contributed by atoms with Gasteiger partial charge in [0.05, 0.1) is 12.7 Å². The smallest absolute Gasteiger partial charge is 0.306 e. The van der Waals surface area contributed by atoms with E-state index < -0.39 is 0 Å². The molecule has 0 aromatic heterocycles. The van der Waals surface area contributed by atoms with Crippen molar-refractivity contribution in [2.45, 2.75) is 65.4 Å². The van der Waals surface area contributed by atoms with Crippen LogP contribution in [0.5, 0.6) is 0 Å². The number of ether oxygens (including phenoxy) is 2. The molecule has 100 valence electrons. The second-order valence-electron chi connectivity index (χ2n) is 4.10. The zero-order chi connectivity index (χ0) is 13.1. The van der Waals surface area contributed by atoms with Gasteiger partial charge in [-0.25, -0.2) is 0 Å². The molecule has 4 nitrogen and oxygen atoms in total. The van der Waals surface area contributed by atoms with E-state index in [-0.39, 0.29) is 30.9 Å². The molecule has 0 saturated carbocycles. The first-order valence-corrected chi connectivity index (χ1v) is 6.45. The van der Waals surface area contributed by atoms with E-state index in [0.29, 0.717) is 13.0 Å². The molecule has 0 rings (SSSR count). The molecule has 17 heavy (non-hydrogen) atoms. The fourth-order valence-corrected chi connectivity index (χ4v) is 1.44. The Labute approximate surface area is 104 Å². The monoisotopic (exact) mass is 244 g/mol. The van der Waals surface area contributed by atoms with Gasteiger partial charge in [0.15, 0.2) is 0 Å². The summed E-state index contributed by atoms with van der Waals surface area (Å²) < 4.78 is 9.97. The Morgan fingerprint density at radius 3 is 2.29 bits per heavy atom. The minimum absolute atomic E-state index is 0.0231. The van der Waals surface area contributed by atoms with Gasteiger partial charge in [-0.05, 0) is 26.7 Å². The maximum Gasteiger partial charge on any atom is 0.306 e. The highest BCUT2D eigenvalue weighted by molar-refractivity contribution is 5.72. The molecule has 1 unspecified atom stereocenters. The fraction of sp³-hybridized carbons (Fsp3) is 0.846. The van der Waals surface area contributed by atoms with Gasteiger partial charge in [-0.1, -0.05) is 19.8 Å².